The second kappa shape index (κ2) is 10.4. The molecule has 0 bridgehead atoms. The molecular formula is C25H34N2O3S. The van der Waals surface area contributed by atoms with Gasteiger partial charge >= 0.3 is 0 Å². The lowest BCUT2D eigenvalue weighted by molar-refractivity contribution is -0.126. The smallest absolute Gasteiger partial charge is 0.223 e. The fourth-order valence-electron chi connectivity index (χ4n) is 4.08. The van der Waals surface area contributed by atoms with Crippen LogP contribution >= 0.6 is 0 Å². The molecule has 1 N–H and O–H groups in total. The highest BCUT2D eigenvalue weighted by molar-refractivity contribution is 7.89. The van der Waals surface area contributed by atoms with Crippen molar-refractivity contribution in [2.24, 2.45) is 5.92 Å². The average molecular weight is 443 g/mol. The van der Waals surface area contributed by atoms with E-state index in [4.69, 9.17) is 0 Å². The van der Waals surface area contributed by atoms with E-state index in [1.807, 2.05) is 37.3 Å². The molecule has 1 saturated heterocycles. The predicted octanol–water partition coefficient (Wildman–Crippen LogP) is 4.16. The zero-order valence-corrected chi connectivity index (χ0v) is 19.6. The number of nitrogens with one attached hydrogen (secondary N) is 1. The van der Waals surface area contributed by atoms with Crippen molar-refractivity contribution in [1.29, 1.82) is 0 Å². The lowest BCUT2D eigenvalue weighted by atomic mass is 9.96. The van der Waals surface area contributed by atoms with E-state index in [0.717, 1.165) is 17.5 Å². The molecular weight excluding hydrogens is 408 g/mol. The highest BCUT2D eigenvalue weighted by atomic mass is 32.2. The Morgan fingerprint density at radius 3 is 2.39 bits per heavy atom. The predicted molar refractivity (Wildman–Crippen MR) is 125 cm³/mol. The van der Waals surface area contributed by atoms with Gasteiger partial charge in [0, 0.05) is 19.0 Å². The summed E-state index contributed by atoms with van der Waals surface area (Å²) in [6.45, 7) is 6.98. The second-order valence-corrected chi connectivity index (χ2v) is 10.7. The van der Waals surface area contributed by atoms with E-state index < -0.39 is 10.0 Å². The van der Waals surface area contributed by atoms with Crippen LogP contribution in [0.15, 0.2) is 48.5 Å². The maximum absolute atomic E-state index is 12.7. The standard InChI is InChI=1S/C25H34N2O3S/c1-19-11-12-24(18-20(19)2)21(3)26-25(28)23-13-15-27(16-14-23)31(29,30)17-7-10-22-8-5-4-6-9-22/h4-6,8-9,11-12,18,21,23H,7,10,13-17H2,1-3H3,(H,26,28). The fraction of sp³-hybridized carbons (Fsp3) is 0.480. The molecule has 2 aromatic carbocycles. The number of carbonyl (C=O) groups excluding carboxylic acids is 1. The molecule has 1 unspecified atom stereocenters. The van der Waals surface area contributed by atoms with Crippen molar-refractivity contribution in [2.45, 2.75) is 52.5 Å². The van der Waals surface area contributed by atoms with Crippen LogP contribution in [0.4, 0.5) is 0 Å². The molecule has 0 spiro atoms. The monoisotopic (exact) mass is 442 g/mol. The molecule has 31 heavy (non-hydrogen) atoms. The Bertz CT molecular complexity index is 981. The van der Waals surface area contributed by atoms with Crippen LogP contribution < -0.4 is 5.32 Å². The summed E-state index contributed by atoms with van der Waals surface area (Å²) in [4.78, 5) is 12.7. The molecule has 0 radical (unpaired) electrons. The van der Waals surface area contributed by atoms with E-state index in [1.165, 1.54) is 11.1 Å². The Morgan fingerprint density at radius 2 is 1.74 bits per heavy atom. The van der Waals surface area contributed by atoms with Gasteiger partial charge in [-0.3, -0.25) is 4.79 Å². The molecule has 3 rings (SSSR count). The van der Waals surface area contributed by atoms with Gasteiger partial charge in [-0.1, -0.05) is 48.5 Å². The van der Waals surface area contributed by atoms with Gasteiger partial charge in [0.25, 0.3) is 0 Å². The fourth-order valence-corrected chi connectivity index (χ4v) is 5.61. The van der Waals surface area contributed by atoms with E-state index in [2.05, 4.69) is 37.4 Å². The number of benzene rings is 2. The summed E-state index contributed by atoms with van der Waals surface area (Å²) in [6.07, 6.45) is 2.52. The van der Waals surface area contributed by atoms with Gasteiger partial charge in [-0.2, -0.15) is 0 Å². The molecule has 1 fully saturated rings. The Hall–Kier alpha value is -2.18. The van der Waals surface area contributed by atoms with Gasteiger partial charge < -0.3 is 5.32 Å². The van der Waals surface area contributed by atoms with Gasteiger partial charge in [0.2, 0.25) is 15.9 Å². The molecule has 1 amide bonds. The van der Waals surface area contributed by atoms with Crippen molar-refractivity contribution in [3.8, 4) is 0 Å². The average Bonchev–Trinajstić information content (AvgIpc) is 2.76. The minimum Gasteiger partial charge on any atom is -0.349 e. The molecule has 168 valence electrons. The van der Waals surface area contributed by atoms with Crippen LogP contribution in [0, 0.1) is 19.8 Å². The highest BCUT2D eigenvalue weighted by Crippen LogP contribution is 2.23. The molecule has 0 aromatic heterocycles. The lowest BCUT2D eigenvalue weighted by Gasteiger charge is -2.31. The number of nitrogens with zero attached hydrogens (tertiary/aromatic N) is 1. The first kappa shape index (κ1) is 23.5. The Morgan fingerprint density at radius 1 is 1.06 bits per heavy atom. The number of hydrogen-bond acceptors (Lipinski definition) is 3. The molecule has 0 aliphatic carbocycles. The van der Waals surface area contributed by atoms with Gasteiger partial charge in [-0.15, -0.1) is 0 Å². The first-order valence-corrected chi connectivity index (χ1v) is 12.8. The van der Waals surface area contributed by atoms with Gasteiger partial charge in [0.15, 0.2) is 0 Å². The van der Waals surface area contributed by atoms with Crippen LogP contribution in [0.2, 0.25) is 0 Å². The summed E-state index contributed by atoms with van der Waals surface area (Å²) in [5.74, 6) is 0.0411. The highest BCUT2D eigenvalue weighted by Gasteiger charge is 2.31. The van der Waals surface area contributed by atoms with Gasteiger partial charge in [0.1, 0.15) is 0 Å². The van der Waals surface area contributed by atoms with E-state index in [-0.39, 0.29) is 23.6 Å². The number of carbonyl (C=O) groups is 1. The van der Waals surface area contributed by atoms with Crippen molar-refractivity contribution in [1.82, 2.24) is 9.62 Å². The summed E-state index contributed by atoms with van der Waals surface area (Å²) in [6, 6.07) is 16.1. The van der Waals surface area contributed by atoms with Crippen molar-refractivity contribution in [3.05, 3.63) is 70.8 Å². The van der Waals surface area contributed by atoms with Crippen LogP contribution in [0.3, 0.4) is 0 Å². The van der Waals surface area contributed by atoms with Crippen LogP contribution in [0.1, 0.15) is 54.5 Å². The molecule has 0 saturated carbocycles. The third kappa shape index (κ3) is 6.40. The summed E-state index contributed by atoms with van der Waals surface area (Å²) < 4.78 is 27.0. The lowest BCUT2D eigenvalue weighted by Crippen LogP contribution is -2.44. The van der Waals surface area contributed by atoms with Crippen LogP contribution in [0.25, 0.3) is 0 Å². The maximum Gasteiger partial charge on any atom is 0.223 e. The van der Waals surface area contributed by atoms with E-state index >= 15 is 0 Å². The van der Waals surface area contributed by atoms with Crippen molar-refractivity contribution < 1.29 is 13.2 Å². The van der Waals surface area contributed by atoms with E-state index in [1.54, 1.807) is 4.31 Å². The molecule has 6 heteroatoms. The molecule has 1 atom stereocenters. The summed E-state index contributed by atoms with van der Waals surface area (Å²) in [5.41, 5.74) is 4.70. The first-order valence-electron chi connectivity index (χ1n) is 11.2. The third-order valence-corrected chi connectivity index (χ3v) is 8.27. The quantitative estimate of drug-likeness (QED) is 0.668. The van der Waals surface area contributed by atoms with Crippen LogP contribution in [-0.4, -0.2) is 37.5 Å². The summed E-state index contributed by atoms with van der Waals surface area (Å²) in [5, 5.41) is 3.11. The van der Waals surface area contributed by atoms with Crippen molar-refractivity contribution >= 4 is 15.9 Å². The molecule has 5 nitrogen and oxygen atoms in total. The number of hydrogen-bond donors (Lipinski definition) is 1. The second-order valence-electron chi connectivity index (χ2n) is 8.65. The molecule has 1 heterocycles. The summed E-state index contributed by atoms with van der Waals surface area (Å²) >= 11 is 0. The minimum atomic E-state index is -3.28. The molecule has 1 aliphatic heterocycles. The van der Waals surface area contributed by atoms with Crippen molar-refractivity contribution in [2.75, 3.05) is 18.8 Å². The third-order valence-electron chi connectivity index (χ3n) is 6.32. The normalized spacial score (nSPS) is 16.7. The largest absolute Gasteiger partial charge is 0.349 e. The van der Waals surface area contributed by atoms with Gasteiger partial charge in [-0.25, -0.2) is 12.7 Å². The van der Waals surface area contributed by atoms with Gasteiger partial charge in [-0.05, 0) is 68.7 Å². The Balaban J connectivity index is 1.46. The topological polar surface area (TPSA) is 66.5 Å². The number of rotatable bonds is 8. The summed E-state index contributed by atoms with van der Waals surface area (Å²) in [7, 11) is -3.28. The SMILES string of the molecule is Cc1ccc(C(C)NC(=O)C2CCN(S(=O)(=O)CCCc3ccccc3)CC2)cc1C. The molecule has 2 aromatic rings. The zero-order valence-electron chi connectivity index (χ0n) is 18.8. The van der Waals surface area contributed by atoms with Crippen LogP contribution in [-0.2, 0) is 21.2 Å². The Kier molecular flexibility index (Phi) is 7.89. The van der Waals surface area contributed by atoms with E-state index in [0.29, 0.717) is 32.4 Å². The maximum atomic E-state index is 12.7. The number of aryl methyl sites for hydroxylation is 3. The first-order chi connectivity index (χ1) is 14.8. The number of amides is 1. The van der Waals surface area contributed by atoms with E-state index in [9.17, 15) is 13.2 Å². The van der Waals surface area contributed by atoms with Gasteiger partial charge in [0.05, 0.1) is 11.8 Å². The number of piperidine rings is 1. The Labute approximate surface area is 186 Å². The molecule has 1 aliphatic rings. The van der Waals surface area contributed by atoms with Crippen molar-refractivity contribution in [3.63, 3.8) is 0 Å². The van der Waals surface area contributed by atoms with Crippen LogP contribution in [0.5, 0.6) is 0 Å². The minimum absolute atomic E-state index is 0.0202. The number of sulfonamides is 1. The zero-order chi connectivity index (χ0) is 22.4.